The zero-order chi connectivity index (χ0) is 13.4. The topological polar surface area (TPSA) is 58.2 Å². The van der Waals surface area contributed by atoms with E-state index >= 15 is 0 Å². The second-order valence-electron chi connectivity index (χ2n) is 4.16. The molecule has 1 aromatic carbocycles. The van der Waals surface area contributed by atoms with Gasteiger partial charge in [-0.3, -0.25) is 9.59 Å². The van der Waals surface area contributed by atoms with Crippen LogP contribution < -0.4 is 10.6 Å². The van der Waals surface area contributed by atoms with Crippen molar-refractivity contribution in [3.05, 3.63) is 29.8 Å². The summed E-state index contributed by atoms with van der Waals surface area (Å²) in [6.07, 6.45) is 2.04. The van der Waals surface area contributed by atoms with Gasteiger partial charge in [0.1, 0.15) is 0 Å². The number of hydrogen-bond donors (Lipinski definition) is 2. The molecule has 98 valence electrons. The first-order chi connectivity index (χ1) is 8.65. The first-order valence-electron chi connectivity index (χ1n) is 6.25. The van der Waals surface area contributed by atoms with Crippen LogP contribution in [0.1, 0.15) is 37.0 Å². The minimum absolute atomic E-state index is 0.00973. The maximum absolute atomic E-state index is 11.5. The molecule has 4 heteroatoms. The Morgan fingerprint density at radius 3 is 2.61 bits per heavy atom. The Bertz CT molecular complexity index is 416. The number of Topliss-reactive ketones (excluding diaryl/α,β-unsaturated/α-hetero) is 1. The van der Waals surface area contributed by atoms with Gasteiger partial charge in [0.15, 0.2) is 5.78 Å². The Morgan fingerprint density at radius 2 is 1.94 bits per heavy atom. The fraction of sp³-hybridized carbons (Fsp3) is 0.429. The van der Waals surface area contributed by atoms with Crippen LogP contribution in [0.4, 0.5) is 5.69 Å². The van der Waals surface area contributed by atoms with E-state index in [2.05, 4.69) is 17.6 Å². The molecule has 0 heterocycles. The van der Waals surface area contributed by atoms with Gasteiger partial charge in [0.2, 0.25) is 5.91 Å². The molecule has 0 aliphatic carbocycles. The number of ketones is 1. The SMILES string of the molecule is CCCCNC(=O)CNc1ccccc1C(C)=O. The van der Waals surface area contributed by atoms with Gasteiger partial charge in [-0.1, -0.05) is 25.5 Å². The number of rotatable bonds is 7. The van der Waals surface area contributed by atoms with E-state index in [1.807, 2.05) is 12.1 Å². The van der Waals surface area contributed by atoms with Gasteiger partial charge >= 0.3 is 0 Å². The third kappa shape index (κ3) is 4.57. The number of para-hydroxylation sites is 1. The minimum Gasteiger partial charge on any atom is -0.376 e. The summed E-state index contributed by atoms with van der Waals surface area (Å²) in [7, 11) is 0. The van der Waals surface area contributed by atoms with Crippen molar-refractivity contribution < 1.29 is 9.59 Å². The molecule has 0 saturated carbocycles. The predicted octanol–water partition coefficient (Wildman–Crippen LogP) is 2.22. The van der Waals surface area contributed by atoms with E-state index in [1.165, 1.54) is 6.92 Å². The second-order valence-corrected chi connectivity index (χ2v) is 4.16. The minimum atomic E-state index is -0.0539. The van der Waals surface area contributed by atoms with Crippen LogP contribution in [0.5, 0.6) is 0 Å². The van der Waals surface area contributed by atoms with Crippen LogP contribution in [0, 0.1) is 0 Å². The Hall–Kier alpha value is -1.84. The lowest BCUT2D eigenvalue weighted by atomic mass is 10.1. The molecule has 0 bridgehead atoms. The molecule has 2 N–H and O–H groups in total. The normalized spacial score (nSPS) is 9.89. The van der Waals surface area contributed by atoms with Gasteiger partial charge in [-0.15, -0.1) is 0 Å². The Labute approximate surface area is 108 Å². The third-order valence-electron chi connectivity index (χ3n) is 2.60. The number of hydrogen-bond acceptors (Lipinski definition) is 3. The van der Waals surface area contributed by atoms with E-state index in [9.17, 15) is 9.59 Å². The monoisotopic (exact) mass is 248 g/mol. The van der Waals surface area contributed by atoms with Crippen molar-refractivity contribution in [3.63, 3.8) is 0 Å². The molecular formula is C14H20N2O2. The first kappa shape index (κ1) is 14.2. The number of anilines is 1. The highest BCUT2D eigenvalue weighted by atomic mass is 16.2. The lowest BCUT2D eigenvalue weighted by Crippen LogP contribution is -2.30. The Balaban J connectivity index is 2.48. The van der Waals surface area contributed by atoms with Gasteiger partial charge in [-0.05, 0) is 25.5 Å². The molecule has 4 nitrogen and oxygen atoms in total. The molecule has 0 atom stereocenters. The first-order valence-corrected chi connectivity index (χ1v) is 6.25. The third-order valence-corrected chi connectivity index (χ3v) is 2.60. The van der Waals surface area contributed by atoms with Crippen molar-refractivity contribution in [1.82, 2.24) is 5.32 Å². The van der Waals surface area contributed by atoms with E-state index in [1.54, 1.807) is 12.1 Å². The molecule has 1 aromatic rings. The summed E-state index contributed by atoms with van der Waals surface area (Å²) in [6, 6.07) is 7.20. The quantitative estimate of drug-likeness (QED) is 0.574. The molecule has 1 amide bonds. The molecule has 0 saturated heterocycles. The van der Waals surface area contributed by atoms with Crippen LogP contribution >= 0.6 is 0 Å². The van der Waals surface area contributed by atoms with E-state index in [0.29, 0.717) is 17.8 Å². The molecule has 18 heavy (non-hydrogen) atoms. The van der Waals surface area contributed by atoms with E-state index in [4.69, 9.17) is 0 Å². The Kier molecular flexibility index (Phi) is 5.91. The maximum Gasteiger partial charge on any atom is 0.239 e. The molecular weight excluding hydrogens is 228 g/mol. The zero-order valence-corrected chi connectivity index (χ0v) is 11.0. The molecule has 0 aliphatic heterocycles. The van der Waals surface area contributed by atoms with Crippen molar-refractivity contribution in [1.29, 1.82) is 0 Å². The molecule has 0 aliphatic rings. The Morgan fingerprint density at radius 1 is 1.22 bits per heavy atom. The standard InChI is InChI=1S/C14H20N2O2/c1-3-4-9-15-14(18)10-16-13-8-6-5-7-12(13)11(2)17/h5-8,16H,3-4,9-10H2,1-2H3,(H,15,18). The maximum atomic E-state index is 11.5. The fourth-order valence-corrected chi connectivity index (χ4v) is 1.59. The van der Waals surface area contributed by atoms with Crippen LogP contribution in [0.2, 0.25) is 0 Å². The lowest BCUT2D eigenvalue weighted by Gasteiger charge is -2.10. The zero-order valence-electron chi connectivity index (χ0n) is 11.0. The van der Waals surface area contributed by atoms with Gasteiger partial charge in [0.05, 0.1) is 6.54 Å². The molecule has 0 aromatic heterocycles. The average Bonchev–Trinajstić information content (AvgIpc) is 2.37. The highest BCUT2D eigenvalue weighted by molar-refractivity contribution is 5.99. The van der Waals surface area contributed by atoms with E-state index in [0.717, 1.165) is 12.8 Å². The number of unbranched alkanes of at least 4 members (excludes halogenated alkanes) is 1. The van der Waals surface area contributed by atoms with Crippen molar-refractivity contribution in [2.45, 2.75) is 26.7 Å². The number of nitrogens with one attached hydrogen (secondary N) is 2. The summed E-state index contributed by atoms with van der Waals surface area (Å²) < 4.78 is 0. The van der Waals surface area contributed by atoms with Gasteiger partial charge < -0.3 is 10.6 Å². The molecule has 0 radical (unpaired) electrons. The van der Waals surface area contributed by atoms with Crippen molar-refractivity contribution in [2.75, 3.05) is 18.4 Å². The van der Waals surface area contributed by atoms with Crippen LogP contribution in [0.25, 0.3) is 0 Å². The summed E-state index contributed by atoms with van der Waals surface area (Å²) in [4.78, 5) is 22.9. The van der Waals surface area contributed by atoms with Crippen LogP contribution in [-0.2, 0) is 4.79 Å². The summed E-state index contributed by atoms with van der Waals surface area (Å²) >= 11 is 0. The van der Waals surface area contributed by atoms with Crippen molar-refractivity contribution in [3.8, 4) is 0 Å². The average molecular weight is 248 g/mol. The molecule has 0 unspecified atom stereocenters. The molecule has 0 spiro atoms. The summed E-state index contributed by atoms with van der Waals surface area (Å²) in [5.41, 5.74) is 1.31. The van der Waals surface area contributed by atoms with Gasteiger partial charge in [0, 0.05) is 17.8 Å². The highest BCUT2D eigenvalue weighted by Crippen LogP contribution is 2.14. The van der Waals surface area contributed by atoms with Crippen molar-refractivity contribution in [2.24, 2.45) is 0 Å². The van der Waals surface area contributed by atoms with E-state index < -0.39 is 0 Å². The molecule has 0 fully saturated rings. The summed E-state index contributed by atoms with van der Waals surface area (Å²) in [6.45, 7) is 4.48. The van der Waals surface area contributed by atoms with E-state index in [-0.39, 0.29) is 18.2 Å². The number of carbonyl (C=O) groups is 2. The fourth-order valence-electron chi connectivity index (χ4n) is 1.59. The van der Waals surface area contributed by atoms with Crippen molar-refractivity contribution >= 4 is 17.4 Å². The number of carbonyl (C=O) groups excluding carboxylic acids is 2. The van der Waals surface area contributed by atoms with Crippen LogP contribution in [0.15, 0.2) is 24.3 Å². The van der Waals surface area contributed by atoms with Crippen LogP contribution in [-0.4, -0.2) is 24.8 Å². The summed E-state index contributed by atoms with van der Waals surface area (Å²) in [5.74, 6) is -0.0636. The predicted molar refractivity (Wildman–Crippen MR) is 72.9 cm³/mol. The van der Waals surface area contributed by atoms with Crippen LogP contribution in [0.3, 0.4) is 0 Å². The smallest absolute Gasteiger partial charge is 0.239 e. The van der Waals surface area contributed by atoms with Gasteiger partial charge in [0.25, 0.3) is 0 Å². The lowest BCUT2D eigenvalue weighted by molar-refractivity contribution is -0.119. The largest absolute Gasteiger partial charge is 0.376 e. The number of benzene rings is 1. The number of amides is 1. The van der Waals surface area contributed by atoms with Gasteiger partial charge in [-0.25, -0.2) is 0 Å². The highest BCUT2D eigenvalue weighted by Gasteiger charge is 2.07. The van der Waals surface area contributed by atoms with Gasteiger partial charge in [-0.2, -0.15) is 0 Å². The summed E-state index contributed by atoms with van der Waals surface area (Å²) in [5, 5.41) is 5.80. The molecule has 1 rings (SSSR count). The second kappa shape index (κ2) is 7.48.